The van der Waals surface area contributed by atoms with Gasteiger partial charge in [0.25, 0.3) is 11.8 Å². The number of hydrogen-bond donors (Lipinski definition) is 5. The number of benzene rings is 2. The number of nitrogens with zero attached hydrogens (tertiary/aromatic N) is 1. The van der Waals surface area contributed by atoms with Crippen molar-refractivity contribution < 1.29 is 33.4 Å². The average Bonchev–Trinajstić information content (AvgIpc) is 2.91. The minimum absolute atomic E-state index is 0.134. The van der Waals surface area contributed by atoms with Crippen LogP contribution >= 0.6 is 0 Å². The molecule has 0 bridgehead atoms. The third-order valence-corrected chi connectivity index (χ3v) is 6.34. The highest BCUT2D eigenvalue weighted by atomic mass is 19.1. The molecule has 0 saturated carbocycles. The molecular formula is C29H40F2N4O5. The van der Waals surface area contributed by atoms with Gasteiger partial charge >= 0.3 is 0 Å². The minimum atomic E-state index is -1.32. The number of amides is 3. The Kier molecular flexibility index (Phi) is 13.1. The van der Waals surface area contributed by atoms with Gasteiger partial charge in [0.2, 0.25) is 5.91 Å². The van der Waals surface area contributed by atoms with E-state index < -0.39 is 48.2 Å². The van der Waals surface area contributed by atoms with Gasteiger partial charge in [0.15, 0.2) is 0 Å². The number of rotatable bonds is 15. The molecule has 3 atom stereocenters. The fraction of sp³-hybridized carbons (Fsp3) is 0.483. The number of hydrogen-bond acceptors (Lipinski definition) is 6. The Morgan fingerprint density at radius 1 is 0.950 bits per heavy atom. The lowest BCUT2D eigenvalue weighted by atomic mass is 9.99. The van der Waals surface area contributed by atoms with E-state index in [9.17, 15) is 33.4 Å². The van der Waals surface area contributed by atoms with Crippen LogP contribution in [0, 0.1) is 18.6 Å². The Morgan fingerprint density at radius 2 is 1.55 bits per heavy atom. The van der Waals surface area contributed by atoms with Crippen LogP contribution in [-0.4, -0.2) is 84.3 Å². The molecule has 0 aromatic heterocycles. The first-order valence-corrected chi connectivity index (χ1v) is 13.4. The van der Waals surface area contributed by atoms with Crippen LogP contribution in [0.15, 0.2) is 36.4 Å². The molecule has 0 radical (unpaired) electrons. The van der Waals surface area contributed by atoms with Gasteiger partial charge in [0.1, 0.15) is 17.7 Å². The van der Waals surface area contributed by atoms with Crippen molar-refractivity contribution in [1.82, 2.24) is 20.9 Å². The molecule has 220 valence electrons. The van der Waals surface area contributed by atoms with Crippen molar-refractivity contribution in [1.29, 1.82) is 0 Å². The molecule has 2 rings (SSSR count). The molecule has 0 aliphatic carbocycles. The maximum absolute atomic E-state index is 13.9. The molecule has 0 spiro atoms. The molecule has 0 fully saturated rings. The SMILES string of the molecule is CCCN(CCC)C(=O)c1cc(C)cc(C(=O)N[C@@H](Cc2cc(F)cc(F)c2)[C@H](O)CN[C@H](CO)C(=O)NC)c1. The van der Waals surface area contributed by atoms with Gasteiger partial charge in [-0.05, 0) is 67.6 Å². The zero-order valence-corrected chi connectivity index (χ0v) is 23.5. The highest BCUT2D eigenvalue weighted by Gasteiger charge is 2.26. The zero-order valence-electron chi connectivity index (χ0n) is 23.5. The fourth-order valence-corrected chi connectivity index (χ4v) is 4.41. The van der Waals surface area contributed by atoms with E-state index in [-0.39, 0.29) is 30.0 Å². The van der Waals surface area contributed by atoms with E-state index in [4.69, 9.17) is 0 Å². The Hall–Kier alpha value is -3.41. The van der Waals surface area contributed by atoms with Crippen molar-refractivity contribution in [2.45, 2.75) is 58.2 Å². The molecule has 3 amide bonds. The van der Waals surface area contributed by atoms with E-state index in [2.05, 4.69) is 16.0 Å². The number of carbonyl (C=O) groups is 3. The van der Waals surface area contributed by atoms with Crippen molar-refractivity contribution in [3.8, 4) is 0 Å². The number of carbonyl (C=O) groups excluding carboxylic acids is 3. The Balaban J connectivity index is 2.33. The fourth-order valence-electron chi connectivity index (χ4n) is 4.41. The van der Waals surface area contributed by atoms with Gasteiger partial charge in [-0.25, -0.2) is 8.78 Å². The lowest BCUT2D eigenvalue weighted by Gasteiger charge is -2.26. The lowest BCUT2D eigenvalue weighted by Crippen LogP contribution is -2.53. The number of aliphatic hydroxyl groups is 2. The normalized spacial score (nSPS) is 13.3. The van der Waals surface area contributed by atoms with E-state index >= 15 is 0 Å². The molecule has 0 aliphatic heterocycles. The summed E-state index contributed by atoms with van der Waals surface area (Å²) < 4.78 is 27.7. The molecule has 0 heterocycles. The summed E-state index contributed by atoms with van der Waals surface area (Å²) in [6.45, 7) is 6.13. The summed E-state index contributed by atoms with van der Waals surface area (Å²) >= 11 is 0. The molecule has 0 unspecified atom stereocenters. The topological polar surface area (TPSA) is 131 Å². The number of nitrogens with one attached hydrogen (secondary N) is 3. The number of aryl methyl sites for hydroxylation is 1. The van der Waals surface area contributed by atoms with Crippen molar-refractivity contribution in [3.05, 3.63) is 70.3 Å². The summed E-state index contributed by atoms with van der Waals surface area (Å²) in [5.74, 6) is -2.90. The quantitative estimate of drug-likeness (QED) is 0.226. The van der Waals surface area contributed by atoms with Gasteiger partial charge in [0, 0.05) is 43.9 Å². The summed E-state index contributed by atoms with van der Waals surface area (Å²) in [4.78, 5) is 40.2. The van der Waals surface area contributed by atoms with Crippen molar-refractivity contribution in [2.75, 3.05) is 33.3 Å². The maximum Gasteiger partial charge on any atom is 0.253 e. The summed E-state index contributed by atoms with van der Waals surface area (Å²) in [7, 11) is 1.40. The van der Waals surface area contributed by atoms with Crippen LogP contribution in [0.1, 0.15) is 58.5 Å². The third kappa shape index (κ3) is 9.65. The molecular weight excluding hydrogens is 522 g/mol. The number of likely N-dealkylation sites (N-methyl/N-ethyl adjacent to an activating group) is 1. The van der Waals surface area contributed by atoms with Crippen LogP contribution in [0.25, 0.3) is 0 Å². The van der Waals surface area contributed by atoms with E-state index in [1.165, 1.54) is 13.1 Å². The number of halogens is 2. The smallest absolute Gasteiger partial charge is 0.253 e. The lowest BCUT2D eigenvalue weighted by molar-refractivity contribution is -0.123. The number of aliphatic hydroxyl groups excluding tert-OH is 2. The molecule has 40 heavy (non-hydrogen) atoms. The molecule has 5 N–H and O–H groups in total. The Bertz CT molecular complexity index is 1140. The molecule has 2 aromatic carbocycles. The average molecular weight is 563 g/mol. The van der Waals surface area contributed by atoms with Crippen LogP contribution < -0.4 is 16.0 Å². The maximum atomic E-state index is 13.9. The van der Waals surface area contributed by atoms with E-state index in [0.29, 0.717) is 24.2 Å². The van der Waals surface area contributed by atoms with Crippen LogP contribution in [0.3, 0.4) is 0 Å². The van der Waals surface area contributed by atoms with Gasteiger partial charge in [-0.3, -0.25) is 14.4 Å². The van der Waals surface area contributed by atoms with Gasteiger partial charge in [-0.1, -0.05) is 13.8 Å². The van der Waals surface area contributed by atoms with Crippen molar-refractivity contribution in [3.63, 3.8) is 0 Å². The minimum Gasteiger partial charge on any atom is -0.394 e. The predicted octanol–water partition coefficient (Wildman–Crippen LogP) is 1.93. The van der Waals surface area contributed by atoms with Crippen LogP contribution in [0.2, 0.25) is 0 Å². The van der Waals surface area contributed by atoms with E-state index in [1.807, 2.05) is 13.8 Å². The molecule has 11 heteroatoms. The molecule has 2 aromatic rings. The van der Waals surface area contributed by atoms with E-state index in [1.54, 1.807) is 24.0 Å². The first-order valence-electron chi connectivity index (χ1n) is 13.4. The van der Waals surface area contributed by atoms with Crippen molar-refractivity contribution >= 4 is 17.7 Å². The van der Waals surface area contributed by atoms with Gasteiger partial charge in [-0.2, -0.15) is 0 Å². The highest BCUT2D eigenvalue weighted by Crippen LogP contribution is 2.16. The largest absolute Gasteiger partial charge is 0.394 e. The Labute approximate surface area is 234 Å². The third-order valence-electron chi connectivity index (χ3n) is 6.34. The zero-order chi connectivity index (χ0) is 29.8. The standard InChI is InChI=1S/C29H40F2N4O5/c1-5-7-35(8-6-2)29(40)21-10-18(3)9-20(14-21)27(38)34-24(13-19-11-22(30)15-23(31)12-19)26(37)16-33-25(17-36)28(39)32-4/h9-12,14-15,24-26,33,36-37H,5-8,13,16-17H2,1-4H3,(H,32,39)(H,34,38)/t24-,25+,26+/m0/s1. The molecule has 0 aliphatic rings. The summed E-state index contributed by atoms with van der Waals surface area (Å²) in [5.41, 5.74) is 1.42. The van der Waals surface area contributed by atoms with Crippen LogP contribution in [0.4, 0.5) is 8.78 Å². The second-order valence-corrected chi connectivity index (χ2v) is 9.77. The summed E-state index contributed by atoms with van der Waals surface area (Å²) in [5, 5.41) is 28.3. The summed E-state index contributed by atoms with van der Waals surface area (Å²) in [6.07, 6.45) is 0.127. The van der Waals surface area contributed by atoms with E-state index in [0.717, 1.165) is 31.0 Å². The monoisotopic (exact) mass is 562 g/mol. The summed E-state index contributed by atoms with van der Waals surface area (Å²) in [6, 6.07) is 5.66. The second-order valence-electron chi connectivity index (χ2n) is 9.77. The first kappa shape index (κ1) is 32.8. The van der Waals surface area contributed by atoms with Gasteiger partial charge < -0.3 is 31.1 Å². The van der Waals surface area contributed by atoms with Gasteiger partial charge in [0.05, 0.1) is 18.8 Å². The highest BCUT2D eigenvalue weighted by molar-refractivity contribution is 6.00. The predicted molar refractivity (Wildman–Crippen MR) is 148 cm³/mol. The molecule has 0 saturated heterocycles. The van der Waals surface area contributed by atoms with Crippen LogP contribution in [-0.2, 0) is 11.2 Å². The van der Waals surface area contributed by atoms with Gasteiger partial charge in [-0.15, -0.1) is 0 Å². The second kappa shape index (κ2) is 16.0. The first-order chi connectivity index (χ1) is 19.0. The molecule has 9 nitrogen and oxygen atoms in total. The van der Waals surface area contributed by atoms with Crippen LogP contribution in [0.5, 0.6) is 0 Å². The van der Waals surface area contributed by atoms with Crippen molar-refractivity contribution in [2.24, 2.45) is 0 Å². The Morgan fingerprint density at radius 3 is 2.10 bits per heavy atom.